The van der Waals surface area contributed by atoms with Crippen molar-refractivity contribution in [2.24, 2.45) is 5.92 Å². The summed E-state index contributed by atoms with van der Waals surface area (Å²) in [4.78, 5) is 0. The number of rotatable bonds is 17. The fourth-order valence-electron chi connectivity index (χ4n) is 3.06. The molecule has 0 bridgehead atoms. The summed E-state index contributed by atoms with van der Waals surface area (Å²) in [6.45, 7) is 6.99. The second-order valence-electron chi connectivity index (χ2n) is 7.28. The van der Waals surface area contributed by atoms with Crippen LogP contribution in [0.15, 0.2) is 12.2 Å². The van der Waals surface area contributed by atoms with E-state index >= 15 is 0 Å². The topological polar surface area (TPSA) is 0 Å². The van der Waals surface area contributed by atoms with E-state index in [1.165, 1.54) is 103 Å². The van der Waals surface area contributed by atoms with Gasteiger partial charge in [-0.1, -0.05) is 116 Å². The number of hydrogen-bond donors (Lipinski definition) is 0. The summed E-state index contributed by atoms with van der Waals surface area (Å²) < 4.78 is 0. The SMILES string of the molecule is CCCCCC=CCC(C)CCCCCCCCCCCC. The van der Waals surface area contributed by atoms with Crippen molar-refractivity contribution in [2.75, 3.05) is 0 Å². The van der Waals surface area contributed by atoms with E-state index in [0.29, 0.717) is 0 Å². The predicted octanol–water partition coefficient (Wildman–Crippen LogP) is 8.46. The van der Waals surface area contributed by atoms with Crippen LogP contribution in [0.4, 0.5) is 0 Å². The van der Waals surface area contributed by atoms with Crippen LogP contribution in [0.2, 0.25) is 0 Å². The summed E-state index contributed by atoms with van der Waals surface area (Å²) in [6, 6.07) is 0. The second-order valence-corrected chi connectivity index (χ2v) is 7.28. The van der Waals surface area contributed by atoms with Crippen molar-refractivity contribution >= 4 is 0 Å². The van der Waals surface area contributed by atoms with Gasteiger partial charge in [0.05, 0.1) is 0 Å². The Labute approximate surface area is 142 Å². The third-order valence-electron chi connectivity index (χ3n) is 4.73. The van der Waals surface area contributed by atoms with E-state index in [1.807, 2.05) is 0 Å². The fourth-order valence-corrected chi connectivity index (χ4v) is 3.06. The van der Waals surface area contributed by atoms with E-state index in [1.54, 1.807) is 0 Å². The fraction of sp³-hybridized carbons (Fsp3) is 0.909. The summed E-state index contributed by atoms with van der Waals surface area (Å²) >= 11 is 0. The average molecular weight is 309 g/mol. The lowest BCUT2D eigenvalue weighted by Crippen LogP contribution is -1.92. The highest BCUT2D eigenvalue weighted by molar-refractivity contribution is 4.83. The quantitative estimate of drug-likeness (QED) is 0.187. The normalized spacial score (nSPS) is 13.0. The molecular weight excluding hydrogens is 264 g/mol. The lowest BCUT2D eigenvalue weighted by Gasteiger charge is -2.08. The maximum absolute atomic E-state index is 2.43. The van der Waals surface area contributed by atoms with Gasteiger partial charge in [0.15, 0.2) is 0 Å². The molecule has 22 heavy (non-hydrogen) atoms. The summed E-state index contributed by atoms with van der Waals surface area (Å²) in [5, 5.41) is 0. The van der Waals surface area contributed by atoms with Crippen LogP contribution in [-0.4, -0.2) is 0 Å². The van der Waals surface area contributed by atoms with E-state index in [4.69, 9.17) is 0 Å². The average Bonchev–Trinajstić information content (AvgIpc) is 2.52. The first-order valence-electron chi connectivity index (χ1n) is 10.5. The summed E-state index contributed by atoms with van der Waals surface area (Å²) in [5.41, 5.74) is 0. The first-order chi connectivity index (χ1) is 10.8. The van der Waals surface area contributed by atoms with Crippen LogP contribution in [0.1, 0.15) is 124 Å². The molecule has 0 N–H and O–H groups in total. The van der Waals surface area contributed by atoms with Crippen molar-refractivity contribution in [3.05, 3.63) is 12.2 Å². The van der Waals surface area contributed by atoms with Crippen molar-refractivity contribution in [3.63, 3.8) is 0 Å². The largest absolute Gasteiger partial charge is 0.0885 e. The third-order valence-corrected chi connectivity index (χ3v) is 4.73. The minimum Gasteiger partial charge on any atom is -0.0885 e. The smallest absolute Gasteiger partial charge is 0.0325 e. The van der Waals surface area contributed by atoms with E-state index in [2.05, 4.69) is 32.9 Å². The summed E-state index contributed by atoms with van der Waals surface area (Å²) in [7, 11) is 0. The van der Waals surface area contributed by atoms with Gasteiger partial charge >= 0.3 is 0 Å². The van der Waals surface area contributed by atoms with Crippen LogP contribution in [0.3, 0.4) is 0 Å². The van der Waals surface area contributed by atoms with Gasteiger partial charge in [0.25, 0.3) is 0 Å². The standard InChI is InChI=1S/C22H44/c1-4-6-8-10-12-13-14-15-17-19-21-22(3)20-18-16-11-9-7-5-2/h16,18,22H,4-15,17,19-21H2,1-3H3. The molecule has 0 aromatic heterocycles. The lowest BCUT2D eigenvalue weighted by atomic mass is 9.98. The first-order valence-corrected chi connectivity index (χ1v) is 10.5. The van der Waals surface area contributed by atoms with Gasteiger partial charge in [-0.3, -0.25) is 0 Å². The minimum absolute atomic E-state index is 0.886. The molecule has 132 valence electrons. The van der Waals surface area contributed by atoms with Crippen LogP contribution in [0, 0.1) is 5.92 Å². The van der Waals surface area contributed by atoms with Crippen LogP contribution in [0.5, 0.6) is 0 Å². The molecule has 0 aromatic carbocycles. The molecular formula is C22H44. The molecule has 0 spiro atoms. The zero-order chi connectivity index (χ0) is 16.3. The Morgan fingerprint density at radius 2 is 1.09 bits per heavy atom. The van der Waals surface area contributed by atoms with E-state index in [9.17, 15) is 0 Å². The molecule has 0 saturated heterocycles. The van der Waals surface area contributed by atoms with Gasteiger partial charge in [-0.2, -0.15) is 0 Å². The Balaban J connectivity index is 3.19. The molecule has 0 nitrogen and oxygen atoms in total. The van der Waals surface area contributed by atoms with Gasteiger partial charge in [-0.25, -0.2) is 0 Å². The van der Waals surface area contributed by atoms with Crippen LogP contribution in [0.25, 0.3) is 0 Å². The van der Waals surface area contributed by atoms with Crippen molar-refractivity contribution in [1.29, 1.82) is 0 Å². The monoisotopic (exact) mass is 308 g/mol. The highest BCUT2D eigenvalue weighted by atomic mass is 14.1. The first kappa shape index (κ1) is 21.7. The Hall–Kier alpha value is -0.260. The summed E-state index contributed by atoms with van der Waals surface area (Å²) in [6.07, 6.45) is 27.5. The highest BCUT2D eigenvalue weighted by Gasteiger charge is 1.99. The van der Waals surface area contributed by atoms with Crippen LogP contribution < -0.4 is 0 Å². The zero-order valence-corrected chi connectivity index (χ0v) is 16.0. The molecule has 1 atom stereocenters. The van der Waals surface area contributed by atoms with Crippen LogP contribution >= 0.6 is 0 Å². The molecule has 1 unspecified atom stereocenters. The molecule has 0 amide bonds. The van der Waals surface area contributed by atoms with Gasteiger partial charge in [0.1, 0.15) is 0 Å². The Morgan fingerprint density at radius 3 is 1.68 bits per heavy atom. The van der Waals surface area contributed by atoms with Crippen molar-refractivity contribution in [1.82, 2.24) is 0 Å². The highest BCUT2D eigenvalue weighted by Crippen LogP contribution is 2.16. The van der Waals surface area contributed by atoms with Crippen molar-refractivity contribution in [2.45, 2.75) is 124 Å². The molecule has 0 aliphatic rings. The van der Waals surface area contributed by atoms with Crippen molar-refractivity contribution < 1.29 is 0 Å². The molecule has 0 aliphatic carbocycles. The zero-order valence-electron chi connectivity index (χ0n) is 16.0. The maximum Gasteiger partial charge on any atom is -0.0325 e. The minimum atomic E-state index is 0.886. The number of allylic oxidation sites excluding steroid dienone is 2. The van der Waals surface area contributed by atoms with Crippen molar-refractivity contribution in [3.8, 4) is 0 Å². The maximum atomic E-state index is 2.43. The Kier molecular flexibility index (Phi) is 18.6. The third kappa shape index (κ3) is 17.8. The van der Waals surface area contributed by atoms with Crippen LogP contribution in [-0.2, 0) is 0 Å². The predicted molar refractivity (Wildman–Crippen MR) is 104 cm³/mol. The van der Waals surface area contributed by atoms with Gasteiger partial charge in [-0.15, -0.1) is 0 Å². The summed E-state index contributed by atoms with van der Waals surface area (Å²) in [5.74, 6) is 0.886. The molecule has 0 radical (unpaired) electrons. The molecule has 0 saturated carbocycles. The van der Waals surface area contributed by atoms with Gasteiger partial charge in [0.2, 0.25) is 0 Å². The molecule has 0 fully saturated rings. The Bertz CT molecular complexity index is 216. The number of hydrogen-bond acceptors (Lipinski definition) is 0. The molecule has 0 rings (SSSR count). The van der Waals surface area contributed by atoms with Gasteiger partial charge in [0, 0.05) is 0 Å². The number of unbranched alkanes of at least 4 members (excludes halogenated alkanes) is 12. The molecule has 0 aliphatic heterocycles. The second kappa shape index (κ2) is 18.8. The van der Waals surface area contributed by atoms with Gasteiger partial charge < -0.3 is 0 Å². The van der Waals surface area contributed by atoms with E-state index < -0.39 is 0 Å². The Morgan fingerprint density at radius 1 is 0.591 bits per heavy atom. The van der Waals surface area contributed by atoms with E-state index in [-0.39, 0.29) is 0 Å². The van der Waals surface area contributed by atoms with Gasteiger partial charge in [-0.05, 0) is 25.2 Å². The molecule has 0 heteroatoms. The molecule has 0 heterocycles. The van der Waals surface area contributed by atoms with E-state index in [0.717, 1.165) is 5.92 Å². The molecule has 0 aromatic rings. The lowest BCUT2D eigenvalue weighted by molar-refractivity contribution is 0.482.